The first-order chi connectivity index (χ1) is 28.3. The molecular formula is C58H100B2La3Pa3Rb3-9. The van der Waals surface area contributed by atoms with Gasteiger partial charge in [-0.1, -0.05) is 84.5 Å². The van der Waals surface area contributed by atoms with Crippen molar-refractivity contribution in [1.29, 1.82) is 0 Å². The summed E-state index contributed by atoms with van der Waals surface area (Å²) in [5.41, 5.74) is 0. The van der Waals surface area contributed by atoms with Gasteiger partial charge in [0.2, 0.25) is 0 Å². The van der Waals surface area contributed by atoms with Gasteiger partial charge in [-0.3, -0.25) is 0 Å². The predicted molar refractivity (Wildman–Crippen MR) is 271 cm³/mol. The van der Waals surface area contributed by atoms with E-state index in [-0.39, 0.29) is 403 Å². The molecule has 0 amide bonds. The van der Waals surface area contributed by atoms with Crippen molar-refractivity contribution >= 4 is 16.8 Å². The Kier molecular flexibility index (Phi) is 111. The van der Waals surface area contributed by atoms with Crippen LogP contribution in [0.2, 0.25) is 0 Å². The molecule has 11 heteroatoms. The smallest absolute Gasteiger partial charge is 0.333 e. The van der Waals surface area contributed by atoms with Gasteiger partial charge in [0, 0.05) is 221 Å². The second kappa shape index (κ2) is 76.5. The van der Waals surface area contributed by atoms with Crippen LogP contribution in [0.3, 0.4) is 0 Å². The zero-order valence-electron chi connectivity index (χ0n) is 45.6. The molecule has 0 saturated heterocycles. The minimum Gasteiger partial charge on any atom is -0.333 e. The van der Waals surface area contributed by atoms with Crippen LogP contribution in [-0.4, -0.2) is 16.8 Å². The molecule has 9 aliphatic rings. The van der Waals surface area contributed by atoms with E-state index < -0.39 is 0 Å². The first-order valence-corrected chi connectivity index (χ1v) is 26.1. The first kappa shape index (κ1) is 100. The van der Waals surface area contributed by atoms with Gasteiger partial charge in [-0.2, -0.15) is 51.4 Å². The fraction of sp³-hybridized carbons (Fsp3) is 0.793. The SMILES string of the molecule is C.[B].[B].[CH-]1CCC(CC2CCC(CC3CC[CH-]CC3)CC2)CC1.[CH-]1CCC(CC2CC[CH-]CC2)CC1.[CH-]1CC[CH-]CC1.[CH-]1CC[CH-]CC1.[CH-]1CC[CH-]CC1.[CH-]1CC[CH-]CC1.[La].[La].[La].[Pa].[Pa].[Pa].[Rb+].[Rb+].[Rb+]. The normalized spacial score (nSPS) is 23.5. The fourth-order valence-electron chi connectivity index (χ4n) is 11.1. The van der Waals surface area contributed by atoms with Crippen molar-refractivity contribution in [3.8, 4) is 0 Å². The molecule has 0 heterocycles. The molecule has 9 fully saturated rings. The molecule has 0 aromatic carbocycles. The Morgan fingerprint density at radius 1 is 0.203 bits per heavy atom. The van der Waals surface area contributed by atoms with Crippen molar-refractivity contribution < 1.29 is 378 Å². The predicted octanol–water partition coefficient (Wildman–Crippen LogP) is 9.29. The maximum Gasteiger partial charge on any atom is 1.00 e. The summed E-state index contributed by atoms with van der Waals surface area (Å²) in [5, 5.41) is 0. The van der Waals surface area contributed by atoms with Gasteiger partial charge < -0.3 is 77.0 Å². The van der Waals surface area contributed by atoms with E-state index in [1.807, 2.05) is 0 Å². The second-order valence-electron chi connectivity index (χ2n) is 19.8. The molecule has 0 atom stereocenters. The fourth-order valence-corrected chi connectivity index (χ4v) is 11.1. The Labute approximate surface area is 746 Å². The minimum absolute atomic E-state index is 0. The third-order valence-corrected chi connectivity index (χ3v) is 14.8. The quantitative estimate of drug-likeness (QED) is 0.184. The maximum atomic E-state index is 2.51. The monoisotopic (exact) mass is 2180 g/mol. The van der Waals surface area contributed by atoms with Crippen LogP contribution < -0.4 is 175 Å². The van der Waals surface area contributed by atoms with Crippen LogP contribution in [0.15, 0.2) is 0 Å². The number of hydrogen-bond donors (Lipinski definition) is 0. The zero-order valence-corrected chi connectivity index (χ0v) is 85.6. The van der Waals surface area contributed by atoms with Crippen LogP contribution in [0.1, 0.15) is 258 Å². The third-order valence-electron chi connectivity index (χ3n) is 14.8. The van der Waals surface area contributed by atoms with Gasteiger partial charge >= 0.3 is 175 Å². The van der Waals surface area contributed by atoms with Crippen molar-refractivity contribution in [2.24, 2.45) is 35.5 Å². The molecular weight excluding hydrogens is 2080 g/mol. The Morgan fingerprint density at radius 3 is 0.420 bits per heavy atom. The second-order valence-corrected chi connectivity index (χ2v) is 19.8. The van der Waals surface area contributed by atoms with E-state index in [0.717, 1.165) is 35.5 Å². The van der Waals surface area contributed by atoms with Gasteiger partial charge in [-0.15, -0.1) is 0 Å². The Balaban J connectivity index is -0.0000000926. The van der Waals surface area contributed by atoms with Gasteiger partial charge in [0.05, 0.1) is 0 Å². The van der Waals surface area contributed by atoms with Gasteiger partial charge in [-0.05, 0) is 54.8 Å². The summed E-state index contributed by atoms with van der Waals surface area (Å²) < 4.78 is 0. The van der Waals surface area contributed by atoms with Crippen molar-refractivity contribution in [3.63, 3.8) is 0 Å². The van der Waals surface area contributed by atoms with Gasteiger partial charge in [-0.25, -0.2) is 103 Å². The molecule has 9 aliphatic carbocycles. The minimum atomic E-state index is 0. The average Bonchev–Trinajstić information content (AvgIpc) is 3.32. The molecule has 0 aromatic rings. The van der Waals surface area contributed by atoms with E-state index in [1.165, 1.54) is 205 Å². The molecule has 0 unspecified atom stereocenters. The van der Waals surface area contributed by atoms with E-state index in [9.17, 15) is 0 Å². The van der Waals surface area contributed by atoms with Crippen LogP contribution in [0.25, 0.3) is 0 Å². The van der Waals surface area contributed by atoms with E-state index in [1.54, 1.807) is 44.9 Å². The van der Waals surface area contributed by atoms with Crippen LogP contribution in [0.4, 0.5) is 0 Å². The van der Waals surface area contributed by atoms with Gasteiger partial charge in [0.1, 0.15) is 0 Å². The van der Waals surface area contributed by atoms with Crippen LogP contribution in [0, 0.1) is 316 Å². The standard InChI is InChI=1S/C20H34.C13H22.4C6H10.CH4.2B.3La.3Pa.3Rb/c1-3-7-17(8-4-1)15-19-11-13-20(14-12-19)16-18-9-5-2-6-10-18;1-3-7-12(8-4-1)11-13-9-5-2-6-10-13;4*1-2-4-6-5-3-1;;;;;;;;;;;;/h1-2,17-20H,3-16H2;1-2,12-13H,3-11H2;4*1,6H,2-5H2;1H4;;;;;;;;;;;/q6*-2;;;;;;;;;;3*+1. The summed E-state index contributed by atoms with van der Waals surface area (Å²) in [5.74, 6) is 6.50. The van der Waals surface area contributed by atoms with Gasteiger partial charge in [0.25, 0.3) is 0 Å². The van der Waals surface area contributed by atoms with Crippen LogP contribution in [-0.2, 0) is 0 Å². The Hall–Kier alpha value is 12.4. The van der Waals surface area contributed by atoms with Gasteiger partial charge in [0.15, 0.2) is 0 Å². The molecule has 0 spiro atoms. The molecule has 0 aliphatic heterocycles. The van der Waals surface area contributed by atoms with E-state index in [2.05, 4.69) is 77.0 Å². The molecule has 0 N–H and O–H groups in total. The van der Waals surface area contributed by atoms with Crippen LogP contribution in [0.5, 0.6) is 0 Å². The van der Waals surface area contributed by atoms with Crippen LogP contribution >= 0.6 is 0 Å². The van der Waals surface area contributed by atoms with Crippen molar-refractivity contribution in [1.82, 2.24) is 0 Å². The molecule has 0 aromatic heterocycles. The first-order valence-electron chi connectivity index (χ1n) is 26.1. The number of rotatable bonds is 6. The molecule has 0 nitrogen and oxygen atoms in total. The zero-order chi connectivity index (χ0) is 39.5. The molecule has 12 radical (unpaired) electrons. The van der Waals surface area contributed by atoms with E-state index >= 15 is 0 Å². The summed E-state index contributed by atoms with van der Waals surface area (Å²) in [7, 11) is 0. The van der Waals surface area contributed by atoms with Crippen molar-refractivity contribution in [2.75, 3.05) is 0 Å². The Morgan fingerprint density at radius 2 is 0.304 bits per heavy atom. The van der Waals surface area contributed by atoms with Crippen molar-refractivity contribution in [2.45, 2.75) is 258 Å². The Bertz CT molecular complexity index is 722. The average molecular weight is 2190 g/mol. The number of hydrogen-bond acceptors (Lipinski definition) is 0. The molecule has 9 saturated carbocycles. The third kappa shape index (κ3) is 60.5. The molecule has 69 heavy (non-hydrogen) atoms. The summed E-state index contributed by atoms with van der Waals surface area (Å²) >= 11 is 0. The maximum absolute atomic E-state index is 2.51. The molecule has 0 bridgehead atoms. The van der Waals surface area contributed by atoms with E-state index in [0.29, 0.717) is 0 Å². The topological polar surface area (TPSA) is 0 Å². The molecule has 9 rings (SSSR count). The molecule has 368 valence electrons. The summed E-state index contributed by atoms with van der Waals surface area (Å²) in [6.07, 6.45) is 84.0. The largest absolute Gasteiger partial charge is 1.00 e. The summed E-state index contributed by atoms with van der Waals surface area (Å²) in [6.45, 7) is 0. The summed E-state index contributed by atoms with van der Waals surface area (Å²) in [6, 6.07) is 0. The summed E-state index contributed by atoms with van der Waals surface area (Å²) in [4.78, 5) is 0. The van der Waals surface area contributed by atoms with E-state index in [4.69, 9.17) is 0 Å². The van der Waals surface area contributed by atoms with Crippen molar-refractivity contribution in [3.05, 3.63) is 77.0 Å².